The third-order valence-electron chi connectivity index (χ3n) is 3.03. The molecule has 18 heavy (non-hydrogen) atoms. The number of benzene rings is 1. The van der Waals surface area contributed by atoms with Crippen LogP contribution in [0.1, 0.15) is 23.2 Å². The minimum absolute atomic E-state index is 0.0501. The van der Waals surface area contributed by atoms with Crippen LogP contribution in [0.2, 0.25) is 0 Å². The largest absolute Gasteiger partial charge is 0.381 e. The predicted octanol–water partition coefficient (Wildman–Crippen LogP) is 2.79. The Labute approximate surface area is 112 Å². The molecule has 0 amide bonds. The molecule has 0 radical (unpaired) electrons. The molecule has 0 bridgehead atoms. The van der Waals surface area contributed by atoms with Gasteiger partial charge in [-0.25, -0.2) is 0 Å². The summed E-state index contributed by atoms with van der Waals surface area (Å²) >= 11 is 1.67. The van der Waals surface area contributed by atoms with Gasteiger partial charge in [0, 0.05) is 23.7 Å². The van der Waals surface area contributed by atoms with E-state index in [9.17, 15) is 4.79 Å². The maximum atomic E-state index is 11.9. The van der Waals surface area contributed by atoms with E-state index in [1.54, 1.807) is 11.8 Å². The number of carbonyl (C=O) groups is 1. The van der Waals surface area contributed by atoms with E-state index >= 15 is 0 Å². The van der Waals surface area contributed by atoms with Gasteiger partial charge in [0.05, 0.1) is 6.10 Å². The molecule has 1 fully saturated rings. The Morgan fingerprint density at radius 2 is 2.00 bits per heavy atom. The van der Waals surface area contributed by atoms with E-state index in [-0.39, 0.29) is 18.5 Å². The number of rotatable bonds is 5. The van der Waals surface area contributed by atoms with Gasteiger partial charge in [-0.05, 0) is 31.2 Å². The molecule has 1 aromatic rings. The Balaban J connectivity index is 1.82. The highest BCUT2D eigenvalue weighted by Gasteiger charge is 2.16. The predicted molar refractivity (Wildman–Crippen MR) is 72.3 cm³/mol. The summed E-state index contributed by atoms with van der Waals surface area (Å²) in [5, 5.41) is 0. The maximum absolute atomic E-state index is 11.9. The minimum Gasteiger partial charge on any atom is -0.381 e. The van der Waals surface area contributed by atoms with E-state index in [1.807, 2.05) is 30.5 Å². The van der Waals surface area contributed by atoms with Crippen molar-refractivity contribution in [1.29, 1.82) is 0 Å². The van der Waals surface area contributed by atoms with Crippen molar-refractivity contribution in [3.63, 3.8) is 0 Å². The second kappa shape index (κ2) is 6.92. The van der Waals surface area contributed by atoms with Crippen molar-refractivity contribution in [3.8, 4) is 0 Å². The van der Waals surface area contributed by atoms with Crippen LogP contribution >= 0.6 is 11.8 Å². The monoisotopic (exact) mass is 266 g/mol. The van der Waals surface area contributed by atoms with Crippen LogP contribution in [-0.4, -0.2) is 38.0 Å². The SMILES string of the molecule is CSc1ccc(C(=O)COC2CCOCC2)cc1. The molecule has 3 nitrogen and oxygen atoms in total. The minimum atomic E-state index is 0.0501. The first-order valence-electron chi connectivity index (χ1n) is 6.16. The van der Waals surface area contributed by atoms with Crippen LogP contribution < -0.4 is 0 Å². The lowest BCUT2D eigenvalue weighted by Crippen LogP contribution is -2.25. The Morgan fingerprint density at radius 3 is 2.61 bits per heavy atom. The van der Waals surface area contributed by atoms with Crippen molar-refractivity contribution in [2.24, 2.45) is 0 Å². The van der Waals surface area contributed by atoms with Gasteiger partial charge in [0.25, 0.3) is 0 Å². The van der Waals surface area contributed by atoms with Gasteiger partial charge >= 0.3 is 0 Å². The fourth-order valence-corrected chi connectivity index (χ4v) is 2.30. The Bertz CT molecular complexity index is 383. The third-order valence-corrected chi connectivity index (χ3v) is 3.77. The zero-order chi connectivity index (χ0) is 12.8. The van der Waals surface area contributed by atoms with E-state index in [1.165, 1.54) is 0 Å². The van der Waals surface area contributed by atoms with Crippen molar-refractivity contribution in [2.75, 3.05) is 26.1 Å². The van der Waals surface area contributed by atoms with Gasteiger partial charge in [-0.1, -0.05) is 12.1 Å². The molecule has 0 saturated carbocycles. The van der Waals surface area contributed by atoms with Gasteiger partial charge in [0.15, 0.2) is 5.78 Å². The third kappa shape index (κ3) is 3.83. The topological polar surface area (TPSA) is 35.5 Å². The molecule has 1 aliphatic heterocycles. The molecule has 0 atom stereocenters. The highest BCUT2D eigenvalue weighted by molar-refractivity contribution is 7.98. The zero-order valence-electron chi connectivity index (χ0n) is 10.6. The van der Waals surface area contributed by atoms with Crippen molar-refractivity contribution in [1.82, 2.24) is 0 Å². The normalized spacial score (nSPS) is 16.7. The van der Waals surface area contributed by atoms with Crippen LogP contribution in [-0.2, 0) is 9.47 Å². The highest BCUT2D eigenvalue weighted by Crippen LogP contribution is 2.16. The quantitative estimate of drug-likeness (QED) is 0.606. The standard InChI is InChI=1S/C14H18O3S/c1-18-13-4-2-11(3-5-13)14(15)10-17-12-6-8-16-9-7-12/h2-5,12H,6-10H2,1H3. The summed E-state index contributed by atoms with van der Waals surface area (Å²) in [4.78, 5) is 13.1. The van der Waals surface area contributed by atoms with Crippen LogP contribution in [0.3, 0.4) is 0 Å². The second-order valence-corrected chi connectivity index (χ2v) is 5.15. The fourth-order valence-electron chi connectivity index (χ4n) is 1.90. The summed E-state index contributed by atoms with van der Waals surface area (Å²) in [7, 11) is 0. The lowest BCUT2D eigenvalue weighted by atomic mass is 10.1. The summed E-state index contributed by atoms with van der Waals surface area (Å²) in [5.41, 5.74) is 0.722. The molecule has 0 unspecified atom stereocenters. The summed E-state index contributed by atoms with van der Waals surface area (Å²) in [6, 6.07) is 7.65. The Kier molecular flexibility index (Phi) is 5.23. The molecule has 0 aromatic heterocycles. The van der Waals surface area contributed by atoms with Crippen molar-refractivity contribution < 1.29 is 14.3 Å². The summed E-state index contributed by atoms with van der Waals surface area (Å²) in [5.74, 6) is 0.0501. The molecule has 0 aliphatic carbocycles. The van der Waals surface area contributed by atoms with E-state index in [0.717, 1.165) is 36.5 Å². The van der Waals surface area contributed by atoms with Gasteiger partial charge < -0.3 is 9.47 Å². The molecule has 1 aromatic carbocycles. The van der Waals surface area contributed by atoms with E-state index < -0.39 is 0 Å². The molecule has 98 valence electrons. The summed E-state index contributed by atoms with van der Waals surface area (Å²) in [6.45, 7) is 1.64. The van der Waals surface area contributed by atoms with E-state index in [2.05, 4.69) is 0 Å². The number of thioether (sulfide) groups is 1. The van der Waals surface area contributed by atoms with E-state index in [0.29, 0.717) is 0 Å². The van der Waals surface area contributed by atoms with Crippen molar-refractivity contribution >= 4 is 17.5 Å². The summed E-state index contributed by atoms with van der Waals surface area (Å²) < 4.78 is 10.9. The molecule has 1 heterocycles. The van der Waals surface area contributed by atoms with Crippen molar-refractivity contribution in [3.05, 3.63) is 29.8 Å². The van der Waals surface area contributed by atoms with E-state index in [4.69, 9.17) is 9.47 Å². The molecule has 0 N–H and O–H groups in total. The number of Topliss-reactive ketones (excluding diaryl/α,β-unsaturated/α-hetero) is 1. The molecule has 1 aliphatic rings. The Morgan fingerprint density at radius 1 is 1.33 bits per heavy atom. The smallest absolute Gasteiger partial charge is 0.188 e. The van der Waals surface area contributed by atoms with Crippen LogP contribution in [0.15, 0.2) is 29.2 Å². The summed E-state index contributed by atoms with van der Waals surface area (Å²) in [6.07, 6.45) is 3.97. The first kappa shape index (κ1) is 13.6. The first-order valence-corrected chi connectivity index (χ1v) is 7.38. The number of hydrogen-bond donors (Lipinski definition) is 0. The molecular weight excluding hydrogens is 248 g/mol. The molecular formula is C14H18O3S. The lowest BCUT2D eigenvalue weighted by molar-refractivity contribution is -0.0262. The van der Waals surface area contributed by atoms with Gasteiger partial charge in [0.1, 0.15) is 6.61 Å². The maximum Gasteiger partial charge on any atom is 0.188 e. The molecule has 4 heteroatoms. The van der Waals surface area contributed by atoms with Crippen LogP contribution in [0.5, 0.6) is 0 Å². The number of ether oxygens (including phenoxy) is 2. The second-order valence-electron chi connectivity index (χ2n) is 4.27. The average Bonchev–Trinajstić information content (AvgIpc) is 2.46. The molecule has 0 spiro atoms. The van der Waals surface area contributed by atoms with Crippen molar-refractivity contribution in [2.45, 2.75) is 23.8 Å². The fraction of sp³-hybridized carbons (Fsp3) is 0.500. The van der Waals surface area contributed by atoms with Gasteiger partial charge in [-0.3, -0.25) is 4.79 Å². The number of hydrogen-bond acceptors (Lipinski definition) is 4. The van der Waals surface area contributed by atoms with Crippen LogP contribution in [0.25, 0.3) is 0 Å². The molecule has 2 rings (SSSR count). The van der Waals surface area contributed by atoms with Gasteiger partial charge in [-0.15, -0.1) is 11.8 Å². The Hall–Kier alpha value is -0.840. The average molecular weight is 266 g/mol. The number of ketones is 1. The van der Waals surface area contributed by atoms with Crippen LogP contribution in [0, 0.1) is 0 Å². The lowest BCUT2D eigenvalue weighted by Gasteiger charge is -2.21. The first-order chi connectivity index (χ1) is 8.79. The zero-order valence-corrected chi connectivity index (χ0v) is 11.4. The van der Waals surface area contributed by atoms with Crippen LogP contribution in [0.4, 0.5) is 0 Å². The molecule has 1 saturated heterocycles. The van der Waals surface area contributed by atoms with Gasteiger partial charge in [-0.2, -0.15) is 0 Å². The highest BCUT2D eigenvalue weighted by atomic mass is 32.2. The van der Waals surface area contributed by atoms with Gasteiger partial charge in [0.2, 0.25) is 0 Å². The number of carbonyl (C=O) groups excluding carboxylic acids is 1.